The van der Waals surface area contributed by atoms with Crippen molar-refractivity contribution in [3.63, 3.8) is 0 Å². The molecule has 0 spiro atoms. The van der Waals surface area contributed by atoms with Crippen LogP contribution in [0.1, 0.15) is 73.7 Å². The summed E-state index contributed by atoms with van der Waals surface area (Å²) in [7, 11) is 0. The maximum Gasteiger partial charge on any atom is 0.261 e. The number of aromatic nitrogens is 2. The Labute approximate surface area is 224 Å². The molecule has 0 radical (unpaired) electrons. The highest BCUT2D eigenvalue weighted by Crippen LogP contribution is 2.40. The summed E-state index contributed by atoms with van der Waals surface area (Å²) >= 11 is 0. The average molecular weight is 504 g/mol. The van der Waals surface area contributed by atoms with Gasteiger partial charge in [-0.25, -0.2) is 4.98 Å². The van der Waals surface area contributed by atoms with E-state index in [1.165, 1.54) is 0 Å². The van der Waals surface area contributed by atoms with Crippen LogP contribution in [0.15, 0.2) is 77.6 Å². The zero-order chi connectivity index (χ0) is 26.5. The number of hydrogen-bond donors (Lipinski definition) is 0. The normalized spacial score (nSPS) is 12.8. The highest BCUT2D eigenvalue weighted by molar-refractivity contribution is 5.71. The Morgan fingerprint density at radius 1 is 1.03 bits per heavy atom. The van der Waals surface area contributed by atoms with Crippen LogP contribution in [0.4, 0.5) is 0 Å². The van der Waals surface area contributed by atoms with Gasteiger partial charge < -0.3 is 4.74 Å². The predicted octanol–water partition coefficient (Wildman–Crippen LogP) is 6.98. The second kappa shape index (κ2) is 11.5. The topological polar surface area (TPSA) is 67.9 Å². The molecule has 1 aromatic heterocycles. The molecule has 0 N–H and O–H groups in total. The number of aryl methyl sites for hydroxylation is 1. The lowest BCUT2D eigenvalue weighted by atomic mass is 9.95. The molecule has 1 aliphatic carbocycles. The lowest BCUT2D eigenvalue weighted by Crippen LogP contribution is -2.29. The Hall–Kier alpha value is -4.17. The smallest absolute Gasteiger partial charge is 0.261 e. The lowest BCUT2D eigenvalue weighted by Gasteiger charge is -2.18. The fourth-order valence-corrected chi connectivity index (χ4v) is 4.94. The Kier molecular flexibility index (Phi) is 7.70. The van der Waals surface area contributed by atoms with Gasteiger partial charge in [-0.1, -0.05) is 55.8 Å². The molecule has 1 fully saturated rings. The van der Waals surface area contributed by atoms with Crippen molar-refractivity contribution in [2.45, 2.75) is 58.3 Å². The number of nitriles is 1. The van der Waals surface area contributed by atoms with E-state index in [0.29, 0.717) is 30.1 Å². The minimum Gasteiger partial charge on any atom is -0.494 e. The van der Waals surface area contributed by atoms with E-state index >= 15 is 0 Å². The van der Waals surface area contributed by atoms with Crippen molar-refractivity contribution in [3.05, 3.63) is 111 Å². The van der Waals surface area contributed by atoms with Crippen molar-refractivity contribution in [2.75, 3.05) is 6.61 Å². The number of rotatable bonds is 10. The van der Waals surface area contributed by atoms with E-state index in [9.17, 15) is 10.1 Å². The van der Waals surface area contributed by atoms with E-state index in [0.717, 1.165) is 71.7 Å². The summed E-state index contributed by atoms with van der Waals surface area (Å²) in [4.78, 5) is 19.3. The first kappa shape index (κ1) is 25.5. The SMILES string of the molecule is CCCCc1nc(C2CC2)n(-c2ccc(OCC)cc2)c(=O)c1Cc1ccc(-c2ccccc2)c(C#N)c1. The second-order valence-corrected chi connectivity index (χ2v) is 9.88. The first-order chi connectivity index (χ1) is 18.6. The van der Waals surface area contributed by atoms with Crippen LogP contribution in [0.3, 0.4) is 0 Å². The molecular formula is C33H33N3O2. The molecule has 5 nitrogen and oxygen atoms in total. The van der Waals surface area contributed by atoms with Crippen molar-refractivity contribution < 1.29 is 4.74 Å². The largest absolute Gasteiger partial charge is 0.494 e. The number of benzene rings is 3. The molecule has 5 rings (SSSR count). The molecule has 4 aromatic rings. The highest BCUT2D eigenvalue weighted by atomic mass is 16.5. The summed E-state index contributed by atoms with van der Waals surface area (Å²) in [6.45, 7) is 4.71. The maximum atomic E-state index is 14.2. The second-order valence-electron chi connectivity index (χ2n) is 9.88. The van der Waals surface area contributed by atoms with E-state index in [1.54, 1.807) is 0 Å². The molecule has 0 aliphatic heterocycles. The molecule has 3 aromatic carbocycles. The monoisotopic (exact) mass is 503 g/mol. The number of hydrogen-bond acceptors (Lipinski definition) is 4. The minimum absolute atomic E-state index is 0.0113. The molecule has 0 saturated heterocycles. The fourth-order valence-electron chi connectivity index (χ4n) is 4.94. The zero-order valence-corrected chi connectivity index (χ0v) is 22.1. The van der Waals surface area contributed by atoms with Crippen LogP contribution in [-0.2, 0) is 12.8 Å². The summed E-state index contributed by atoms with van der Waals surface area (Å²) < 4.78 is 7.42. The quantitative estimate of drug-likeness (QED) is 0.234. The molecule has 1 saturated carbocycles. The minimum atomic E-state index is -0.0113. The Morgan fingerprint density at radius 2 is 1.79 bits per heavy atom. The number of ether oxygens (including phenoxy) is 1. The molecule has 0 unspecified atom stereocenters. The van der Waals surface area contributed by atoms with Gasteiger partial charge in [-0.2, -0.15) is 5.26 Å². The van der Waals surface area contributed by atoms with Gasteiger partial charge in [-0.05, 0) is 79.6 Å². The van der Waals surface area contributed by atoms with Crippen molar-refractivity contribution in [2.24, 2.45) is 0 Å². The molecule has 5 heteroatoms. The van der Waals surface area contributed by atoms with Gasteiger partial charge in [0, 0.05) is 17.9 Å². The van der Waals surface area contributed by atoms with Crippen LogP contribution >= 0.6 is 0 Å². The van der Waals surface area contributed by atoms with Crippen LogP contribution in [0.25, 0.3) is 16.8 Å². The summed E-state index contributed by atoms with van der Waals surface area (Å²) in [5.74, 6) is 1.97. The van der Waals surface area contributed by atoms with Gasteiger partial charge >= 0.3 is 0 Å². The third-order valence-electron chi connectivity index (χ3n) is 7.07. The molecule has 192 valence electrons. The van der Waals surface area contributed by atoms with E-state index in [4.69, 9.17) is 9.72 Å². The van der Waals surface area contributed by atoms with Crippen LogP contribution in [0.2, 0.25) is 0 Å². The first-order valence-electron chi connectivity index (χ1n) is 13.6. The Morgan fingerprint density at radius 3 is 2.45 bits per heavy atom. The van der Waals surface area contributed by atoms with Crippen LogP contribution in [-0.4, -0.2) is 16.2 Å². The summed E-state index contributed by atoms with van der Waals surface area (Å²) in [5, 5.41) is 9.91. The molecule has 38 heavy (non-hydrogen) atoms. The zero-order valence-electron chi connectivity index (χ0n) is 22.1. The predicted molar refractivity (Wildman–Crippen MR) is 151 cm³/mol. The van der Waals surface area contributed by atoms with Crippen molar-refractivity contribution in [3.8, 4) is 28.6 Å². The van der Waals surface area contributed by atoms with Gasteiger partial charge in [0.05, 0.1) is 29.6 Å². The van der Waals surface area contributed by atoms with Crippen molar-refractivity contribution in [1.82, 2.24) is 9.55 Å². The van der Waals surface area contributed by atoms with Gasteiger partial charge in [0.15, 0.2) is 0 Å². The fraction of sp³-hybridized carbons (Fsp3) is 0.303. The van der Waals surface area contributed by atoms with E-state index in [-0.39, 0.29) is 5.56 Å². The van der Waals surface area contributed by atoms with Crippen molar-refractivity contribution in [1.29, 1.82) is 5.26 Å². The maximum absolute atomic E-state index is 14.2. The number of unbranched alkanes of at least 4 members (excludes halogenated alkanes) is 1. The average Bonchev–Trinajstić information content (AvgIpc) is 3.80. The van der Waals surface area contributed by atoms with Gasteiger partial charge in [0.25, 0.3) is 5.56 Å². The Bertz CT molecular complexity index is 1510. The lowest BCUT2D eigenvalue weighted by molar-refractivity contribution is 0.340. The standard InChI is InChI=1S/C33H33N3O2/c1-3-5-11-31-30(21-23-12-19-29(26(20-23)22-34)24-9-7-6-8-10-24)33(37)36(32(35-31)25-13-14-25)27-15-17-28(18-16-27)38-4-2/h6-10,12,15-20,25H,3-5,11,13-14,21H2,1-2H3. The number of nitrogens with zero attached hydrogens (tertiary/aromatic N) is 3. The van der Waals surface area contributed by atoms with E-state index in [1.807, 2.05) is 84.3 Å². The van der Waals surface area contributed by atoms with Gasteiger partial charge in [-0.3, -0.25) is 9.36 Å². The highest BCUT2D eigenvalue weighted by Gasteiger charge is 2.31. The molecule has 0 atom stereocenters. The third-order valence-corrected chi connectivity index (χ3v) is 7.07. The van der Waals surface area contributed by atoms with Crippen LogP contribution in [0, 0.1) is 11.3 Å². The molecule has 1 heterocycles. The van der Waals surface area contributed by atoms with Crippen LogP contribution in [0.5, 0.6) is 5.75 Å². The third kappa shape index (κ3) is 5.40. The van der Waals surface area contributed by atoms with Gasteiger partial charge in [0.1, 0.15) is 11.6 Å². The van der Waals surface area contributed by atoms with E-state index in [2.05, 4.69) is 13.0 Å². The summed E-state index contributed by atoms with van der Waals surface area (Å²) in [6.07, 6.45) is 5.35. The molecular weight excluding hydrogens is 470 g/mol. The van der Waals surface area contributed by atoms with Gasteiger partial charge in [0.2, 0.25) is 0 Å². The van der Waals surface area contributed by atoms with Crippen molar-refractivity contribution >= 4 is 0 Å². The Balaban J connectivity index is 1.59. The summed E-state index contributed by atoms with van der Waals surface area (Å²) in [5.41, 5.74) is 5.87. The first-order valence-corrected chi connectivity index (χ1v) is 13.6. The molecule has 0 bridgehead atoms. The molecule has 0 amide bonds. The summed E-state index contributed by atoms with van der Waals surface area (Å²) in [6, 6.07) is 25.9. The van der Waals surface area contributed by atoms with Crippen LogP contribution < -0.4 is 10.3 Å². The van der Waals surface area contributed by atoms with Gasteiger partial charge in [-0.15, -0.1) is 0 Å². The molecule has 1 aliphatic rings. The van der Waals surface area contributed by atoms with E-state index < -0.39 is 0 Å².